The van der Waals surface area contributed by atoms with Crippen LogP contribution in [0.4, 0.5) is 14.5 Å². The summed E-state index contributed by atoms with van der Waals surface area (Å²) in [6.07, 6.45) is 0. The van der Waals surface area contributed by atoms with Crippen LogP contribution in [0.25, 0.3) is 5.76 Å². The molecule has 1 amide bonds. The number of hydrogen-bond donors (Lipinski definition) is 1. The van der Waals surface area contributed by atoms with Crippen molar-refractivity contribution >= 4 is 23.1 Å². The van der Waals surface area contributed by atoms with Crippen LogP contribution in [-0.2, 0) is 9.59 Å². The molecule has 0 radical (unpaired) electrons. The van der Waals surface area contributed by atoms with Crippen molar-refractivity contribution in [2.24, 2.45) is 0 Å². The summed E-state index contributed by atoms with van der Waals surface area (Å²) in [5.74, 6) is -2.99. The van der Waals surface area contributed by atoms with Gasteiger partial charge in [0.2, 0.25) is 0 Å². The second-order valence-electron chi connectivity index (χ2n) is 7.52. The van der Waals surface area contributed by atoms with E-state index in [4.69, 9.17) is 0 Å². The number of amides is 1. The molecule has 1 aliphatic heterocycles. The Morgan fingerprint density at radius 1 is 0.871 bits per heavy atom. The first-order valence-electron chi connectivity index (χ1n) is 9.67. The van der Waals surface area contributed by atoms with Gasteiger partial charge in [0.1, 0.15) is 17.4 Å². The monoisotopic (exact) mass is 419 g/mol. The Bertz CT molecular complexity index is 1210. The molecule has 0 bridgehead atoms. The molecule has 1 atom stereocenters. The molecule has 1 aliphatic rings. The van der Waals surface area contributed by atoms with Crippen molar-refractivity contribution in [2.45, 2.75) is 19.9 Å². The fourth-order valence-corrected chi connectivity index (χ4v) is 3.80. The Morgan fingerprint density at radius 2 is 1.45 bits per heavy atom. The number of carbonyl (C=O) groups is 2. The smallest absolute Gasteiger partial charge is 0.300 e. The zero-order valence-corrected chi connectivity index (χ0v) is 16.9. The number of rotatable bonds is 3. The van der Waals surface area contributed by atoms with Gasteiger partial charge in [-0.2, -0.15) is 0 Å². The van der Waals surface area contributed by atoms with Crippen molar-refractivity contribution < 1.29 is 23.5 Å². The van der Waals surface area contributed by atoms with Crippen LogP contribution in [0.5, 0.6) is 0 Å². The molecule has 0 aliphatic carbocycles. The predicted octanol–water partition coefficient (Wildman–Crippen LogP) is 5.21. The molecule has 0 spiro atoms. The molecule has 1 heterocycles. The summed E-state index contributed by atoms with van der Waals surface area (Å²) in [6, 6.07) is 14.9. The van der Waals surface area contributed by atoms with Gasteiger partial charge in [-0.25, -0.2) is 8.78 Å². The van der Waals surface area contributed by atoms with Crippen LogP contribution in [0.3, 0.4) is 0 Å². The molecule has 1 unspecified atom stereocenters. The molecule has 1 saturated heterocycles. The minimum atomic E-state index is -0.994. The van der Waals surface area contributed by atoms with Crippen LogP contribution < -0.4 is 4.90 Å². The lowest BCUT2D eigenvalue weighted by atomic mass is 9.93. The third-order valence-corrected chi connectivity index (χ3v) is 5.38. The van der Waals surface area contributed by atoms with E-state index >= 15 is 0 Å². The van der Waals surface area contributed by atoms with Crippen molar-refractivity contribution in [2.75, 3.05) is 4.90 Å². The van der Waals surface area contributed by atoms with Gasteiger partial charge in [-0.05, 0) is 67.4 Å². The van der Waals surface area contributed by atoms with Crippen molar-refractivity contribution in [3.8, 4) is 0 Å². The Balaban J connectivity index is 1.97. The van der Waals surface area contributed by atoms with Crippen molar-refractivity contribution in [3.63, 3.8) is 0 Å². The lowest BCUT2D eigenvalue weighted by Crippen LogP contribution is -2.29. The van der Waals surface area contributed by atoms with Crippen LogP contribution >= 0.6 is 0 Å². The molecular formula is C25H19F2NO3. The largest absolute Gasteiger partial charge is 0.507 e. The van der Waals surface area contributed by atoms with Gasteiger partial charge >= 0.3 is 0 Å². The number of aliphatic hydroxyl groups excluding tert-OH is 1. The highest BCUT2D eigenvalue weighted by Gasteiger charge is 2.47. The topological polar surface area (TPSA) is 57.6 Å². The van der Waals surface area contributed by atoms with Gasteiger partial charge in [-0.3, -0.25) is 14.5 Å². The SMILES string of the molecule is Cc1ccc(C)c(/C(O)=C2\C(=O)C(=O)N(c3ccc(F)cc3)C2c2ccc(F)cc2)c1. The number of anilines is 1. The molecule has 0 saturated carbocycles. The van der Waals surface area contributed by atoms with E-state index in [1.807, 2.05) is 19.1 Å². The maximum atomic E-state index is 13.6. The summed E-state index contributed by atoms with van der Waals surface area (Å²) in [7, 11) is 0. The molecule has 0 aromatic heterocycles. The van der Waals surface area contributed by atoms with Crippen molar-refractivity contribution in [1.82, 2.24) is 0 Å². The van der Waals surface area contributed by atoms with Crippen LogP contribution in [0, 0.1) is 25.5 Å². The minimum Gasteiger partial charge on any atom is -0.507 e. The summed E-state index contributed by atoms with van der Waals surface area (Å²) >= 11 is 0. The van der Waals surface area contributed by atoms with Gasteiger partial charge in [-0.1, -0.05) is 29.8 Å². The Kier molecular flexibility index (Phi) is 5.15. The van der Waals surface area contributed by atoms with Gasteiger partial charge in [0.05, 0.1) is 11.6 Å². The number of halogens is 2. The zero-order chi connectivity index (χ0) is 22.3. The Labute approximate surface area is 178 Å². The minimum absolute atomic E-state index is 0.102. The van der Waals surface area contributed by atoms with E-state index in [1.54, 1.807) is 13.0 Å². The second-order valence-corrected chi connectivity index (χ2v) is 7.52. The summed E-state index contributed by atoms with van der Waals surface area (Å²) in [4.78, 5) is 27.3. The number of benzene rings is 3. The van der Waals surface area contributed by atoms with E-state index in [0.29, 0.717) is 11.1 Å². The molecular weight excluding hydrogens is 400 g/mol. The maximum absolute atomic E-state index is 13.6. The lowest BCUT2D eigenvalue weighted by Gasteiger charge is -2.25. The Hall–Kier alpha value is -3.80. The molecule has 4 rings (SSSR count). The summed E-state index contributed by atoms with van der Waals surface area (Å²) < 4.78 is 27.0. The van der Waals surface area contributed by atoms with E-state index in [1.165, 1.54) is 53.4 Å². The molecule has 3 aromatic carbocycles. The standard InChI is InChI=1S/C25H19F2NO3/c1-14-3-4-15(2)20(13-14)23(29)21-22(16-5-7-17(26)8-6-16)28(25(31)24(21)30)19-11-9-18(27)10-12-19/h3-13,22,29H,1-2H3/b23-21+. The summed E-state index contributed by atoms with van der Waals surface area (Å²) in [6.45, 7) is 3.64. The molecule has 3 aromatic rings. The average Bonchev–Trinajstić information content (AvgIpc) is 3.01. The van der Waals surface area contributed by atoms with Crippen molar-refractivity contribution in [3.05, 3.63) is 106 Å². The van der Waals surface area contributed by atoms with Crippen molar-refractivity contribution in [1.29, 1.82) is 0 Å². The van der Waals surface area contributed by atoms with Gasteiger partial charge < -0.3 is 5.11 Å². The quantitative estimate of drug-likeness (QED) is 0.360. The number of aliphatic hydroxyl groups is 1. The van der Waals surface area contributed by atoms with E-state index in [-0.39, 0.29) is 17.0 Å². The lowest BCUT2D eigenvalue weighted by molar-refractivity contribution is -0.132. The summed E-state index contributed by atoms with van der Waals surface area (Å²) in [5, 5.41) is 11.2. The van der Waals surface area contributed by atoms with Crippen LogP contribution in [-0.4, -0.2) is 16.8 Å². The fourth-order valence-electron chi connectivity index (χ4n) is 3.80. The van der Waals surface area contributed by atoms with Gasteiger partial charge in [0, 0.05) is 11.3 Å². The van der Waals surface area contributed by atoms with E-state index < -0.39 is 29.4 Å². The Morgan fingerprint density at radius 3 is 2.06 bits per heavy atom. The third-order valence-electron chi connectivity index (χ3n) is 5.38. The number of carbonyl (C=O) groups excluding carboxylic acids is 2. The fraction of sp³-hybridized carbons (Fsp3) is 0.120. The number of Topliss-reactive ketones (excluding diaryl/α,β-unsaturated/α-hetero) is 1. The normalized spacial score (nSPS) is 17.9. The third kappa shape index (κ3) is 3.61. The highest BCUT2D eigenvalue weighted by atomic mass is 19.1. The van der Waals surface area contributed by atoms with Crippen LogP contribution in [0.2, 0.25) is 0 Å². The number of aryl methyl sites for hydroxylation is 2. The van der Waals surface area contributed by atoms with Crippen LogP contribution in [0.15, 0.2) is 72.3 Å². The highest BCUT2D eigenvalue weighted by Crippen LogP contribution is 2.42. The highest BCUT2D eigenvalue weighted by molar-refractivity contribution is 6.51. The number of hydrogen-bond acceptors (Lipinski definition) is 3. The predicted molar refractivity (Wildman–Crippen MR) is 113 cm³/mol. The van der Waals surface area contributed by atoms with E-state index in [0.717, 1.165) is 11.1 Å². The first-order chi connectivity index (χ1) is 14.8. The first kappa shape index (κ1) is 20.5. The summed E-state index contributed by atoms with van der Waals surface area (Å²) in [5.41, 5.74) is 2.67. The number of nitrogens with zero attached hydrogens (tertiary/aromatic N) is 1. The first-order valence-corrected chi connectivity index (χ1v) is 9.67. The molecule has 1 fully saturated rings. The maximum Gasteiger partial charge on any atom is 0.300 e. The van der Waals surface area contributed by atoms with Gasteiger partial charge in [0.15, 0.2) is 0 Å². The van der Waals surface area contributed by atoms with Gasteiger partial charge in [0.25, 0.3) is 11.7 Å². The molecule has 31 heavy (non-hydrogen) atoms. The second kappa shape index (κ2) is 7.80. The average molecular weight is 419 g/mol. The van der Waals surface area contributed by atoms with Crippen LogP contribution in [0.1, 0.15) is 28.3 Å². The molecule has 1 N–H and O–H groups in total. The molecule has 4 nitrogen and oxygen atoms in total. The molecule has 6 heteroatoms. The van der Waals surface area contributed by atoms with E-state index in [2.05, 4.69) is 0 Å². The molecule has 156 valence electrons. The zero-order valence-electron chi connectivity index (χ0n) is 16.9. The number of ketones is 1. The van der Waals surface area contributed by atoms with Gasteiger partial charge in [-0.15, -0.1) is 0 Å². The van der Waals surface area contributed by atoms with E-state index in [9.17, 15) is 23.5 Å².